The van der Waals surface area contributed by atoms with Gasteiger partial charge in [0.25, 0.3) is 11.8 Å². The summed E-state index contributed by atoms with van der Waals surface area (Å²) in [5, 5.41) is 5.22. The van der Waals surface area contributed by atoms with Gasteiger partial charge in [0, 0.05) is 11.8 Å². The fourth-order valence-electron chi connectivity index (χ4n) is 2.56. The molecule has 0 aliphatic rings. The average molecular weight is 448 g/mol. The van der Waals surface area contributed by atoms with Gasteiger partial charge >= 0.3 is 6.18 Å². The van der Waals surface area contributed by atoms with Gasteiger partial charge in [-0.2, -0.15) is 13.2 Å². The van der Waals surface area contributed by atoms with Crippen molar-refractivity contribution in [1.82, 2.24) is 5.32 Å². The van der Waals surface area contributed by atoms with Crippen LogP contribution in [-0.2, 0) is 11.0 Å². The SMILES string of the molecule is O=C(COc1cccc(NC(=O)c2ccco2)c1)NCCOc1ccc(C(F)(F)F)cc1. The Labute approximate surface area is 181 Å². The molecular formula is C22H19F3N2O5. The summed E-state index contributed by atoms with van der Waals surface area (Å²) >= 11 is 0. The van der Waals surface area contributed by atoms with Crippen LogP contribution in [0.1, 0.15) is 16.1 Å². The molecular weight excluding hydrogens is 429 g/mol. The van der Waals surface area contributed by atoms with E-state index in [0.717, 1.165) is 12.1 Å². The maximum absolute atomic E-state index is 12.5. The van der Waals surface area contributed by atoms with E-state index in [9.17, 15) is 22.8 Å². The van der Waals surface area contributed by atoms with Crippen LogP contribution >= 0.6 is 0 Å². The molecule has 0 atom stereocenters. The number of hydrogen-bond donors (Lipinski definition) is 2. The van der Waals surface area contributed by atoms with Gasteiger partial charge in [-0.3, -0.25) is 9.59 Å². The van der Waals surface area contributed by atoms with Crippen molar-refractivity contribution in [2.24, 2.45) is 0 Å². The van der Waals surface area contributed by atoms with Crippen LogP contribution in [0.5, 0.6) is 11.5 Å². The molecule has 1 heterocycles. The summed E-state index contributed by atoms with van der Waals surface area (Å²) in [5.41, 5.74) is -0.297. The van der Waals surface area contributed by atoms with Gasteiger partial charge in [-0.15, -0.1) is 0 Å². The first kappa shape index (κ1) is 22.7. The van der Waals surface area contributed by atoms with Crippen LogP contribution in [0.2, 0.25) is 0 Å². The summed E-state index contributed by atoms with van der Waals surface area (Å²) in [6.45, 7) is -0.0519. The lowest BCUT2D eigenvalue weighted by Gasteiger charge is -2.11. The maximum atomic E-state index is 12.5. The average Bonchev–Trinajstić information content (AvgIpc) is 3.30. The highest BCUT2D eigenvalue weighted by Crippen LogP contribution is 2.30. The Morgan fingerprint density at radius 2 is 1.72 bits per heavy atom. The number of benzene rings is 2. The molecule has 0 radical (unpaired) electrons. The molecule has 0 saturated heterocycles. The highest BCUT2D eigenvalue weighted by atomic mass is 19.4. The van der Waals surface area contributed by atoms with Gasteiger partial charge in [0.05, 0.1) is 18.4 Å². The number of ether oxygens (including phenoxy) is 2. The van der Waals surface area contributed by atoms with Crippen molar-refractivity contribution in [2.75, 3.05) is 25.1 Å². The molecule has 3 rings (SSSR count). The van der Waals surface area contributed by atoms with Crippen LogP contribution in [0.4, 0.5) is 18.9 Å². The minimum absolute atomic E-state index is 0.0748. The number of halogens is 3. The standard InChI is InChI=1S/C22H19F3N2O5/c23-22(24,25)15-6-8-17(9-7-15)30-12-10-26-20(28)14-32-18-4-1-3-16(13-18)27-21(29)19-5-2-11-31-19/h1-9,11,13H,10,12,14H2,(H,26,28)(H,27,29). The number of nitrogens with one attached hydrogen (secondary N) is 2. The zero-order valence-corrected chi connectivity index (χ0v) is 16.6. The van der Waals surface area contributed by atoms with Crippen molar-refractivity contribution in [2.45, 2.75) is 6.18 Å². The first-order chi connectivity index (χ1) is 15.3. The summed E-state index contributed by atoms with van der Waals surface area (Å²) < 4.78 is 53.3. The molecule has 0 aliphatic carbocycles. The molecule has 0 unspecified atom stereocenters. The van der Waals surface area contributed by atoms with E-state index < -0.39 is 23.6 Å². The molecule has 2 N–H and O–H groups in total. The van der Waals surface area contributed by atoms with Crippen molar-refractivity contribution in [3.63, 3.8) is 0 Å². The van der Waals surface area contributed by atoms with Gasteiger partial charge in [0.2, 0.25) is 0 Å². The third-order valence-electron chi connectivity index (χ3n) is 4.08. The van der Waals surface area contributed by atoms with Crippen molar-refractivity contribution in [1.29, 1.82) is 0 Å². The number of alkyl halides is 3. The normalized spacial score (nSPS) is 11.0. The molecule has 3 aromatic rings. The first-order valence-corrected chi connectivity index (χ1v) is 9.46. The zero-order valence-electron chi connectivity index (χ0n) is 16.6. The Kier molecular flexibility index (Phi) is 7.37. The second-order valence-corrected chi connectivity index (χ2v) is 6.47. The van der Waals surface area contributed by atoms with E-state index in [1.807, 2.05) is 0 Å². The molecule has 1 aromatic heterocycles. The van der Waals surface area contributed by atoms with E-state index in [1.54, 1.807) is 30.3 Å². The minimum Gasteiger partial charge on any atom is -0.492 e. The summed E-state index contributed by atoms with van der Waals surface area (Å²) in [5.74, 6) is -0.0338. The molecule has 32 heavy (non-hydrogen) atoms. The Hall–Kier alpha value is -3.95. The highest BCUT2D eigenvalue weighted by Gasteiger charge is 2.30. The van der Waals surface area contributed by atoms with Crippen molar-refractivity contribution < 1.29 is 36.7 Å². The highest BCUT2D eigenvalue weighted by molar-refractivity contribution is 6.02. The van der Waals surface area contributed by atoms with Gasteiger partial charge in [0.1, 0.15) is 18.1 Å². The zero-order chi connectivity index (χ0) is 23.0. The number of furan rings is 1. The second-order valence-electron chi connectivity index (χ2n) is 6.47. The summed E-state index contributed by atoms with van der Waals surface area (Å²) in [6.07, 6.45) is -3.02. The van der Waals surface area contributed by atoms with E-state index in [4.69, 9.17) is 13.9 Å². The molecule has 2 amide bonds. The number of carbonyl (C=O) groups excluding carboxylic acids is 2. The monoisotopic (exact) mass is 448 g/mol. The van der Waals surface area contributed by atoms with Crippen LogP contribution < -0.4 is 20.1 Å². The summed E-state index contributed by atoms with van der Waals surface area (Å²) in [7, 11) is 0. The van der Waals surface area contributed by atoms with Crippen LogP contribution in [-0.4, -0.2) is 31.6 Å². The molecule has 0 aliphatic heterocycles. The van der Waals surface area contributed by atoms with E-state index in [2.05, 4.69) is 10.6 Å². The number of hydrogen-bond acceptors (Lipinski definition) is 5. The number of carbonyl (C=O) groups is 2. The van der Waals surface area contributed by atoms with Gasteiger partial charge < -0.3 is 24.5 Å². The van der Waals surface area contributed by atoms with Crippen LogP contribution in [0.15, 0.2) is 71.3 Å². The van der Waals surface area contributed by atoms with E-state index in [-0.39, 0.29) is 31.3 Å². The third-order valence-corrected chi connectivity index (χ3v) is 4.08. The van der Waals surface area contributed by atoms with Crippen molar-refractivity contribution >= 4 is 17.5 Å². The summed E-state index contributed by atoms with van der Waals surface area (Å²) in [4.78, 5) is 23.9. The lowest BCUT2D eigenvalue weighted by molar-refractivity contribution is -0.137. The number of amides is 2. The van der Waals surface area contributed by atoms with Crippen LogP contribution in [0.3, 0.4) is 0 Å². The van der Waals surface area contributed by atoms with E-state index >= 15 is 0 Å². The fraction of sp³-hybridized carbons (Fsp3) is 0.182. The van der Waals surface area contributed by atoms with Gasteiger partial charge in [-0.05, 0) is 48.5 Å². The molecule has 0 spiro atoms. The topological polar surface area (TPSA) is 89.8 Å². The predicted molar refractivity (Wildman–Crippen MR) is 109 cm³/mol. The molecule has 0 fully saturated rings. The summed E-state index contributed by atoms with van der Waals surface area (Å²) in [6, 6.07) is 13.9. The fourth-order valence-corrected chi connectivity index (χ4v) is 2.56. The quantitative estimate of drug-likeness (QED) is 0.481. The Morgan fingerprint density at radius 1 is 0.938 bits per heavy atom. The largest absolute Gasteiger partial charge is 0.492 e. The first-order valence-electron chi connectivity index (χ1n) is 9.46. The molecule has 7 nitrogen and oxygen atoms in total. The molecule has 2 aromatic carbocycles. The smallest absolute Gasteiger partial charge is 0.416 e. The number of anilines is 1. The van der Waals surface area contributed by atoms with Gasteiger partial charge in [0.15, 0.2) is 12.4 Å². The van der Waals surface area contributed by atoms with Gasteiger partial charge in [-0.1, -0.05) is 6.07 Å². The Morgan fingerprint density at radius 3 is 2.41 bits per heavy atom. The predicted octanol–water partition coefficient (Wildman–Crippen LogP) is 4.12. The minimum atomic E-state index is -4.41. The van der Waals surface area contributed by atoms with E-state index in [1.165, 1.54) is 24.5 Å². The second kappa shape index (κ2) is 10.4. The van der Waals surface area contributed by atoms with Crippen molar-refractivity contribution in [3.05, 3.63) is 78.3 Å². The molecule has 168 valence electrons. The lowest BCUT2D eigenvalue weighted by atomic mass is 10.2. The third kappa shape index (κ3) is 6.79. The Balaban J connectivity index is 1.37. The maximum Gasteiger partial charge on any atom is 0.416 e. The lowest BCUT2D eigenvalue weighted by Crippen LogP contribution is -2.32. The Bertz CT molecular complexity index is 1030. The molecule has 10 heteroatoms. The molecule has 0 bridgehead atoms. The van der Waals surface area contributed by atoms with Crippen LogP contribution in [0.25, 0.3) is 0 Å². The molecule has 0 saturated carbocycles. The van der Waals surface area contributed by atoms with Gasteiger partial charge in [-0.25, -0.2) is 0 Å². The van der Waals surface area contributed by atoms with Crippen molar-refractivity contribution in [3.8, 4) is 11.5 Å². The number of rotatable bonds is 9. The van der Waals surface area contributed by atoms with E-state index in [0.29, 0.717) is 11.4 Å². The van der Waals surface area contributed by atoms with Crippen LogP contribution in [0, 0.1) is 0 Å².